The van der Waals surface area contributed by atoms with E-state index in [2.05, 4.69) is 20.5 Å². The number of aryl methyl sites for hydroxylation is 1. The summed E-state index contributed by atoms with van der Waals surface area (Å²) in [6.07, 6.45) is -8.20. The molecule has 0 aliphatic carbocycles. The number of nitrogens with one attached hydrogen (secondary N) is 1. The first-order valence-electron chi connectivity index (χ1n) is 10.3. The fourth-order valence-electron chi connectivity index (χ4n) is 3.42. The van der Waals surface area contributed by atoms with E-state index in [4.69, 9.17) is 15.6 Å². The number of rotatable bonds is 3. The fourth-order valence-corrected chi connectivity index (χ4v) is 3.42. The molecule has 0 aromatic carbocycles. The number of fused-ring (bicyclic) bond motifs is 1. The number of hydrogen-bond donors (Lipinski definition) is 3. The zero-order valence-corrected chi connectivity index (χ0v) is 18.8. The molecule has 1 fully saturated rings. The number of carboxylic acids is 1. The Balaban J connectivity index is 0.000000479. The number of anilines is 2. The van der Waals surface area contributed by atoms with Gasteiger partial charge in [-0.2, -0.15) is 31.4 Å². The molecule has 3 aromatic heterocycles. The number of piperidine rings is 1. The van der Waals surface area contributed by atoms with Gasteiger partial charge >= 0.3 is 18.3 Å². The van der Waals surface area contributed by atoms with Crippen LogP contribution in [0.25, 0.3) is 5.52 Å². The van der Waals surface area contributed by atoms with Crippen LogP contribution in [0.15, 0.2) is 24.5 Å². The van der Waals surface area contributed by atoms with Crippen LogP contribution in [0.1, 0.15) is 22.6 Å². The summed E-state index contributed by atoms with van der Waals surface area (Å²) in [5.74, 6) is -3.40. The van der Waals surface area contributed by atoms with Crippen LogP contribution in [0.3, 0.4) is 0 Å². The molecule has 1 aliphatic heterocycles. The molecule has 3 aromatic rings. The summed E-state index contributed by atoms with van der Waals surface area (Å²) < 4.78 is 87.2. The highest BCUT2D eigenvalue weighted by Gasteiger charge is 2.39. The second kappa shape index (κ2) is 10.2. The highest BCUT2D eigenvalue weighted by atomic mass is 19.4. The summed E-state index contributed by atoms with van der Waals surface area (Å²) in [7, 11) is 1.32. The Bertz CT molecular complexity index is 1280. The number of carboxylic acid groups (broad SMARTS) is 1. The van der Waals surface area contributed by atoms with Crippen LogP contribution in [0.5, 0.6) is 0 Å². The molecule has 0 spiro atoms. The number of alkyl halides is 7. The summed E-state index contributed by atoms with van der Waals surface area (Å²) in [4.78, 5) is 27.3. The van der Waals surface area contributed by atoms with Crippen molar-refractivity contribution in [3.63, 3.8) is 0 Å². The molecule has 11 nitrogen and oxygen atoms in total. The molecule has 37 heavy (non-hydrogen) atoms. The van der Waals surface area contributed by atoms with Crippen LogP contribution in [0.2, 0.25) is 0 Å². The molecule has 4 N–H and O–H groups in total. The monoisotopic (exact) mass is 540 g/mol. The first-order valence-corrected chi connectivity index (χ1v) is 10.3. The molecule has 0 unspecified atom stereocenters. The number of carbonyl (C=O) groups excluding carboxylic acids is 1. The van der Waals surface area contributed by atoms with E-state index < -0.39 is 41.8 Å². The molecule has 202 valence electrons. The van der Waals surface area contributed by atoms with Gasteiger partial charge in [-0.1, -0.05) is 0 Å². The molecule has 2 atom stereocenters. The van der Waals surface area contributed by atoms with Crippen LogP contribution >= 0.6 is 0 Å². The maximum Gasteiger partial charge on any atom is 0.490 e. The summed E-state index contributed by atoms with van der Waals surface area (Å²) in [5.41, 5.74) is 4.62. The van der Waals surface area contributed by atoms with E-state index in [-0.39, 0.29) is 30.6 Å². The number of aliphatic carboxylic acids is 1. The fraction of sp³-hybridized carbons (Fsp3) is 0.421. The Hall–Kier alpha value is -3.96. The van der Waals surface area contributed by atoms with Gasteiger partial charge in [0.2, 0.25) is 5.95 Å². The lowest BCUT2D eigenvalue weighted by atomic mass is 10.1. The Labute approximate surface area is 202 Å². The van der Waals surface area contributed by atoms with Gasteiger partial charge in [-0.25, -0.2) is 18.7 Å². The van der Waals surface area contributed by atoms with E-state index in [1.54, 1.807) is 11.0 Å². The quantitative estimate of drug-likeness (QED) is 0.430. The third kappa shape index (κ3) is 6.63. The van der Waals surface area contributed by atoms with Gasteiger partial charge in [-0.15, -0.1) is 5.10 Å². The third-order valence-corrected chi connectivity index (χ3v) is 4.92. The van der Waals surface area contributed by atoms with Crippen molar-refractivity contribution in [2.24, 2.45) is 12.8 Å². The van der Waals surface area contributed by atoms with Crippen LogP contribution in [0.4, 0.5) is 42.4 Å². The van der Waals surface area contributed by atoms with Gasteiger partial charge in [0.25, 0.3) is 5.91 Å². The molecule has 4 heterocycles. The predicted molar refractivity (Wildman–Crippen MR) is 113 cm³/mol. The van der Waals surface area contributed by atoms with Crippen molar-refractivity contribution < 1.29 is 45.4 Å². The number of nitrogens with two attached hydrogens (primary N) is 1. The average Bonchev–Trinajstić information content (AvgIpc) is 3.35. The Morgan fingerprint density at radius 3 is 2.35 bits per heavy atom. The Morgan fingerprint density at radius 2 is 1.78 bits per heavy atom. The van der Waals surface area contributed by atoms with Crippen molar-refractivity contribution in [3.8, 4) is 0 Å². The van der Waals surface area contributed by atoms with Crippen molar-refractivity contribution in [2.45, 2.75) is 31.0 Å². The average molecular weight is 540 g/mol. The SMILES string of the molecule is Cn1cc(NC(=O)c2ccc3cnc(N4C[C@H](N)C[C@@H](F)C4)nn23)c(C(F)(F)F)n1.O=C(O)C(F)(F)F. The highest BCUT2D eigenvalue weighted by Crippen LogP contribution is 2.33. The predicted octanol–water partition coefficient (Wildman–Crippen LogP) is 2.24. The van der Waals surface area contributed by atoms with Gasteiger partial charge in [0.15, 0.2) is 5.69 Å². The normalized spacial score (nSPS) is 18.4. The highest BCUT2D eigenvalue weighted by molar-refractivity contribution is 6.04. The van der Waals surface area contributed by atoms with Crippen LogP contribution in [0, 0.1) is 0 Å². The van der Waals surface area contributed by atoms with Crippen LogP contribution in [-0.2, 0) is 18.0 Å². The molecule has 0 bridgehead atoms. The second-order valence-corrected chi connectivity index (χ2v) is 7.93. The van der Waals surface area contributed by atoms with Crippen molar-refractivity contribution in [1.29, 1.82) is 0 Å². The number of amides is 1. The van der Waals surface area contributed by atoms with Gasteiger partial charge in [0.05, 0.1) is 23.9 Å². The molecule has 4 rings (SSSR count). The third-order valence-electron chi connectivity index (χ3n) is 4.92. The molecule has 1 amide bonds. The van der Waals surface area contributed by atoms with Gasteiger partial charge < -0.3 is 21.1 Å². The minimum atomic E-state index is -5.08. The summed E-state index contributed by atoms with van der Waals surface area (Å²) in [6, 6.07) is 2.57. The van der Waals surface area contributed by atoms with Crippen LogP contribution in [-0.4, -0.2) is 72.8 Å². The smallest absolute Gasteiger partial charge is 0.475 e. The Kier molecular flexibility index (Phi) is 7.61. The topological polar surface area (TPSA) is 144 Å². The number of carbonyl (C=O) groups is 2. The molecule has 0 radical (unpaired) electrons. The molecule has 1 aliphatic rings. The van der Waals surface area contributed by atoms with E-state index in [0.29, 0.717) is 12.1 Å². The first kappa shape index (κ1) is 27.6. The van der Waals surface area contributed by atoms with Gasteiger partial charge in [-0.05, 0) is 18.6 Å². The van der Waals surface area contributed by atoms with Gasteiger partial charge in [0.1, 0.15) is 11.9 Å². The lowest BCUT2D eigenvalue weighted by Crippen LogP contribution is -2.48. The van der Waals surface area contributed by atoms with Crippen molar-refractivity contribution in [3.05, 3.63) is 35.9 Å². The number of halogens is 7. The minimum Gasteiger partial charge on any atom is -0.475 e. The van der Waals surface area contributed by atoms with Gasteiger partial charge in [0, 0.05) is 25.8 Å². The minimum absolute atomic E-state index is 0.0104. The maximum absolute atomic E-state index is 13.9. The van der Waals surface area contributed by atoms with Gasteiger partial charge in [-0.3, -0.25) is 9.48 Å². The standard InChI is InChI=1S/C17H18F4N8O.C2HF3O2/c1-27-8-12(14(25-27)17(19,20)21)24-15(30)13-3-2-11-5-23-16(26-29(11)13)28-6-9(18)4-10(22)7-28;3-2(4,5)1(6)7/h2-3,5,8-10H,4,6-7,22H2,1H3,(H,24,30);(H,6,7)/t9-,10-;/m1./s1. The zero-order chi connectivity index (χ0) is 27.7. The number of nitrogens with zero attached hydrogens (tertiary/aromatic N) is 6. The van der Waals surface area contributed by atoms with Crippen molar-refractivity contribution in [2.75, 3.05) is 23.3 Å². The van der Waals surface area contributed by atoms with E-state index in [9.17, 15) is 35.5 Å². The van der Waals surface area contributed by atoms with Crippen molar-refractivity contribution in [1.82, 2.24) is 24.4 Å². The lowest BCUT2D eigenvalue weighted by Gasteiger charge is -2.32. The number of hydrogen-bond acceptors (Lipinski definition) is 7. The molecule has 0 saturated carbocycles. The van der Waals surface area contributed by atoms with E-state index in [0.717, 1.165) is 10.9 Å². The van der Waals surface area contributed by atoms with Crippen molar-refractivity contribution >= 4 is 29.0 Å². The second-order valence-electron chi connectivity index (χ2n) is 7.93. The Morgan fingerprint density at radius 1 is 1.14 bits per heavy atom. The maximum atomic E-state index is 13.9. The van der Waals surface area contributed by atoms with E-state index >= 15 is 0 Å². The molecular weight excluding hydrogens is 521 g/mol. The summed E-state index contributed by atoms with van der Waals surface area (Å²) in [6.45, 7) is 0.409. The molecule has 1 saturated heterocycles. The van der Waals surface area contributed by atoms with Crippen LogP contribution < -0.4 is 16.0 Å². The molecule has 18 heteroatoms. The first-order chi connectivity index (χ1) is 17.1. The zero-order valence-electron chi connectivity index (χ0n) is 18.8. The lowest BCUT2D eigenvalue weighted by molar-refractivity contribution is -0.192. The largest absolute Gasteiger partial charge is 0.490 e. The van der Waals surface area contributed by atoms with E-state index in [1.807, 2.05) is 0 Å². The number of aromatic nitrogens is 5. The molecular formula is C19H19F7N8O3. The van der Waals surface area contributed by atoms with E-state index in [1.165, 1.54) is 23.8 Å². The summed E-state index contributed by atoms with van der Waals surface area (Å²) in [5, 5.41) is 17.0. The summed E-state index contributed by atoms with van der Waals surface area (Å²) >= 11 is 0.